The maximum Gasteiger partial charge on any atom is 0.279 e. The first-order valence-electron chi connectivity index (χ1n) is 5.98. The summed E-state index contributed by atoms with van der Waals surface area (Å²) >= 11 is 3.61. The molecule has 2 fully saturated rings. The van der Waals surface area contributed by atoms with Gasteiger partial charge in [0.2, 0.25) is 0 Å². The van der Waals surface area contributed by atoms with Crippen LogP contribution >= 0.6 is 15.9 Å². The van der Waals surface area contributed by atoms with Crippen LogP contribution in [0.15, 0.2) is 0 Å². The van der Waals surface area contributed by atoms with Crippen LogP contribution in [0.2, 0.25) is 0 Å². The lowest BCUT2D eigenvalue weighted by Gasteiger charge is -2.19. The molecule has 16 heavy (non-hydrogen) atoms. The van der Waals surface area contributed by atoms with E-state index in [2.05, 4.69) is 20.7 Å². The third-order valence-electron chi connectivity index (χ3n) is 3.50. The van der Waals surface area contributed by atoms with Gasteiger partial charge in [-0.2, -0.15) is 12.7 Å². The molecule has 0 aromatic carbocycles. The predicted octanol–water partition coefficient (Wildman–Crippen LogP) is 1.48. The second-order valence-corrected chi connectivity index (χ2v) is 7.60. The van der Waals surface area contributed by atoms with Gasteiger partial charge in [0.05, 0.1) is 0 Å². The van der Waals surface area contributed by atoms with Crippen molar-refractivity contribution in [2.45, 2.75) is 36.9 Å². The highest BCUT2D eigenvalue weighted by molar-refractivity contribution is 9.09. The standard InChI is InChI=1S/C10H19BrN2O2S/c11-10-5-3-4-9(10)8-12-16(14,15)13-6-1-2-7-13/h9-10,12H,1-8H2. The van der Waals surface area contributed by atoms with Crippen molar-refractivity contribution in [3.63, 3.8) is 0 Å². The molecule has 2 unspecified atom stereocenters. The molecule has 6 heteroatoms. The predicted molar refractivity (Wildman–Crippen MR) is 67.8 cm³/mol. The molecule has 1 aliphatic carbocycles. The zero-order valence-electron chi connectivity index (χ0n) is 9.36. The third-order valence-corrected chi connectivity index (χ3v) is 6.28. The summed E-state index contributed by atoms with van der Waals surface area (Å²) < 4.78 is 28.1. The lowest BCUT2D eigenvalue weighted by Crippen LogP contribution is -2.41. The summed E-state index contributed by atoms with van der Waals surface area (Å²) in [6.45, 7) is 1.93. The molecule has 0 aromatic heterocycles. The molecule has 0 radical (unpaired) electrons. The van der Waals surface area contributed by atoms with Crippen LogP contribution in [-0.2, 0) is 10.2 Å². The molecule has 1 N–H and O–H groups in total. The van der Waals surface area contributed by atoms with Crippen molar-refractivity contribution in [2.75, 3.05) is 19.6 Å². The van der Waals surface area contributed by atoms with Crippen molar-refractivity contribution in [3.8, 4) is 0 Å². The molecule has 0 amide bonds. The van der Waals surface area contributed by atoms with E-state index >= 15 is 0 Å². The van der Waals surface area contributed by atoms with Gasteiger partial charge in [0.25, 0.3) is 10.2 Å². The SMILES string of the molecule is O=S(=O)(NCC1CCCC1Br)N1CCCC1. The maximum absolute atomic E-state index is 11.9. The molecule has 1 aliphatic heterocycles. The minimum atomic E-state index is -3.21. The summed E-state index contributed by atoms with van der Waals surface area (Å²) in [5.74, 6) is 0.456. The van der Waals surface area contributed by atoms with Crippen molar-refractivity contribution in [1.82, 2.24) is 9.03 Å². The van der Waals surface area contributed by atoms with Gasteiger partial charge in [0, 0.05) is 24.5 Å². The second kappa shape index (κ2) is 5.33. The number of nitrogens with one attached hydrogen (secondary N) is 1. The number of hydrogen-bond donors (Lipinski definition) is 1. The average Bonchev–Trinajstić information content (AvgIpc) is 2.85. The Balaban J connectivity index is 1.84. The van der Waals surface area contributed by atoms with Crippen molar-refractivity contribution in [1.29, 1.82) is 0 Å². The van der Waals surface area contributed by atoms with E-state index in [1.165, 1.54) is 6.42 Å². The summed E-state index contributed by atoms with van der Waals surface area (Å²) in [5.41, 5.74) is 0. The minimum Gasteiger partial charge on any atom is -0.202 e. The van der Waals surface area contributed by atoms with E-state index < -0.39 is 10.2 Å². The summed E-state index contributed by atoms with van der Waals surface area (Å²) in [5, 5.41) is 0. The first-order chi connectivity index (χ1) is 7.59. The van der Waals surface area contributed by atoms with Crippen LogP contribution in [0.5, 0.6) is 0 Å². The number of rotatable bonds is 4. The van der Waals surface area contributed by atoms with Gasteiger partial charge in [-0.05, 0) is 31.6 Å². The highest BCUT2D eigenvalue weighted by Crippen LogP contribution is 2.31. The van der Waals surface area contributed by atoms with Crippen molar-refractivity contribution < 1.29 is 8.42 Å². The molecule has 1 saturated heterocycles. The number of alkyl halides is 1. The van der Waals surface area contributed by atoms with Crippen LogP contribution in [0.4, 0.5) is 0 Å². The Morgan fingerprint density at radius 3 is 2.44 bits per heavy atom. The van der Waals surface area contributed by atoms with Gasteiger partial charge < -0.3 is 0 Å². The Morgan fingerprint density at radius 2 is 1.88 bits per heavy atom. The zero-order valence-corrected chi connectivity index (χ0v) is 11.8. The van der Waals surface area contributed by atoms with E-state index in [9.17, 15) is 8.42 Å². The Hall–Kier alpha value is 0.350. The molecule has 2 aliphatic rings. The quantitative estimate of drug-likeness (QED) is 0.800. The second-order valence-electron chi connectivity index (χ2n) is 4.67. The minimum absolute atomic E-state index is 0.456. The van der Waals surface area contributed by atoms with E-state index in [-0.39, 0.29) is 0 Å². The van der Waals surface area contributed by atoms with Gasteiger partial charge in [-0.25, -0.2) is 4.72 Å². The summed E-state index contributed by atoms with van der Waals surface area (Å²) in [6, 6.07) is 0. The Kier molecular flexibility index (Phi) is 4.26. The molecule has 1 heterocycles. The maximum atomic E-state index is 11.9. The lowest BCUT2D eigenvalue weighted by molar-refractivity contribution is 0.452. The van der Waals surface area contributed by atoms with Crippen molar-refractivity contribution in [3.05, 3.63) is 0 Å². The molecule has 0 aromatic rings. The lowest BCUT2D eigenvalue weighted by atomic mass is 10.1. The normalized spacial score (nSPS) is 32.3. The molecule has 0 spiro atoms. The van der Waals surface area contributed by atoms with Gasteiger partial charge in [-0.15, -0.1) is 0 Å². The van der Waals surface area contributed by atoms with Crippen LogP contribution in [0, 0.1) is 5.92 Å². The van der Waals surface area contributed by atoms with Crippen LogP contribution in [-0.4, -0.2) is 37.2 Å². The van der Waals surface area contributed by atoms with Crippen molar-refractivity contribution in [2.24, 2.45) is 5.92 Å². The van der Waals surface area contributed by atoms with E-state index in [1.807, 2.05) is 0 Å². The van der Waals surface area contributed by atoms with E-state index in [1.54, 1.807) is 4.31 Å². The first kappa shape index (κ1) is 12.8. The van der Waals surface area contributed by atoms with E-state index in [0.29, 0.717) is 30.4 Å². The molecule has 4 nitrogen and oxygen atoms in total. The molecule has 2 atom stereocenters. The van der Waals surface area contributed by atoms with Gasteiger partial charge in [0.15, 0.2) is 0 Å². The Morgan fingerprint density at radius 1 is 1.19 bits per heavy atom. The van der Waals surface area contributed by atoms with Gasteiger partial charge in [-0.3, -0.25) is 0 Å². The fourth-order valence-electron chi connectivity index (χ4n) is 2.45. The first-order valence-corrected chi connectivity index (χ1v) is 8.34. The zero-order chi connectivity index (χ0) is 11.6. The van der Waals surface area contributed by atoms with Crippen LogP contribution in [0.25, 0.3) is 0 Å². The van der Waals surface area contributed by atoms with Gasteiger partial charge in [0.1, 0.15) is 0 Å². The highest BCUT2D eigenvalue weighted by atomic mass is 79.9. The fourth-order valence-corrected chi connectivity index (χ4v) is 4.57. The number of hydrogen-bond acceptors (Lipinski definition) is 2. The van der Waals surface area contributed by atoms with Gasteiger partial charge in [-0.1, -0.05) is 22.4 Å². The number of halogens is 1. The topological polar surface area (TPSA) is 49.4 Å². The van der Waals surface area contributed by atoms with Crippen LogP contribution < -0.4 is 4.72 Å². The summed E-state index contributed by atoms with van der Waals surface area (Å²) in [6.07, 6.45) is 5.47. The highest BCUT2D eigenvalue weighted by Gasteiger charge is 2.29. The Bertz CT molecular complexity index is 328. The molecular formula is C10H19BrN2O2S. The average molecular weight is 311 g/mol. The molecular weight excluding hydrogens is 292 g/mol. The largest absolute Gasteiger partial charge is 0.279 e. The number of nitrogens with zero attached hydrogens (tertiary/aromatic N) is 1. The summed E-state index contributed by atoms with van der Waals surface area (Å²) in [7, 11) is -3.21. The molecule has 2 rings (SSSR count). The monoisotopic (exact) mass is 310 g/mol. The molecule has 94 valence electrons. The van der Waals surface area contributed by atoms with Crippen LogP contribution in [0.1, 0.15) is 32.1 Å². The van der Waals surface area contributed by atoms with Crippen molar-refractivity contribution >= 4 is 26.1 Å². The fraction of sp³-hybridized carbons (Fsp3) is 1.00. The third kappa shape index (κ3) is 2.97. The Labute approximate surface area is 106 Å². The van der Waals surface area contributed by atoms with E-state index in [0.717, 1.165) is 25.7 Å². The van der Waals surface area contributed by atoms with E-state index in [4.69, 9.17) is 0 Å². The van der Waals surface area contributed by atoms with Gasteiger partial charge >= 0.3 is 0 Å². The smallest absolute Gasteiger partial charge is 0.202 e. The van der Waals surface area contributed by atoms with Crippen LogP contribution in [0.3, 0.4) is 0 Å². The molecule has 1 saturated carbocycles. The summed E-state index contributed by atoms with van der Waals surface area (Å²) in [4.78, 5) is 0.480. The molecule has 0 bridgehead atoms.